The summed E-state index contributed by atoms with van der Waals surface area (Å²) in [4.78, 5) is 18.0. The van der Waals surface area contributed by atoms with Crippen molar-refractivity contribution in [3.05, 3.63) is 50.8 Å². The van der Waals surface area contributed by atoms with Gasteiger partial charge in [0.15, 0.2) is 0 Å². The fraction of sp³-hybridized carbons (Fsp3) is 0.308. The minimum Gasteiger partial charge on any atom is -0.349 e. The molecule has 1 saturated heterocycles. The Balaban J connectivity index is 1.86. The molecule has 0 amide bonds. The molecule has 0 spiro atoms. The Morgan fingerprint density at radius 2 is 2.32 bits per heavy atom. The Morgan fingerprint density at radius 3 is 2.95 bits per heavy atom. The first kappa shape index (κ1) is 12.1. The van der Waals surface area contributed by atoms with E-state index in [9.17, 15) is 10.1 Å². The Labute approximate surface area is 114 Å². The molecular formula is C13H13N3O2S. The van der Waals surface area contributed by atoms with Crippen LogP contribution in [0, 0.1) is 10.1 Å². The predicted octanol–water partition coefficient (Wildman–Crippen LogP) is 3.39. The summed E-state index contributed by atoms with van der Waals surface area (Å²) in [6, 6.07) is 7.81. The van der Waals surface area contributed by atoms with E-state index in [0.717, 1.165) is 25.2 Å². The molecule has 2 aromatic rings. The van der Waals surface area contributed by atoms with Crippen molar-refractivity contribution in [3.8, 4) is 0 Å². The smallest absolute Gasteiger partial charge is 0.287 e. The van der Waals surface area contributed by atoms with Crippen LogP contribution in [0.15, 0.2) is 35.8 Å². The second-order valence-electron chi connectivity index (χ2n) is 4.50. The third kappa shape index (κ3) is 2.31. The summed E-state index contributed by atoms with van der Waals surface area (Å²) < 4.78 is 0. The molecule has 5 nitrogen and oxygen atoms in total. The first-order chi connectivity index (χ1) is 9.25. The fourth-order valence-corrected chi connectivity index (χ4v) is 3.35. The Kier molecular flexibility index (Phi) is 3.16. The Hall–Kier alpha value is -1.95. The van der Waals surface area contributed by atoms with Crippen LogP contribution in [0.3, 0.4) is 0 Å². The van der Waals surface area contributed by atoms with E-state index in [4.69, 9.17) is 0 Å². The zero-order chi connectivity index (χ0) is 13.2. The predicted molar refractivity (Wildman–Crippen MR) is 74.5 cm³/mol. The number of nitro groups is 1. The molecule has 0 N–H and O–H groups in total. The molecule has 1 fully saturated rings. The van der Waals surface area contributed by atoms with Crippen LogP contribution in [0.4, 0.5) is 11.5 Å². The zero-order valence-corrected chi connectivity index (χ0v) is 11.0. The number of rotatable bonds is 3. The van der Waals surface area contributed by atoms with Gasteiger partial charge >= 0.3 is 0 Å². The van der Waals surface area contributed by atoms with Gasteiger partial charge < -0.3 is 4.90 Å². The highest BCUT2D eigenvalue weighted by Gasteiger charge is 2.27. The molecule has 3 rings (SSSR count). The van der Waals surface area contributed by atoms with Crippen molar-refractivity contribution >= 4 is 22.8 Å². The van der Waals surface area contributed by atoms with Crippen LogP contribution >= 0.6 is 11.3 Å². The molecule has 19 heavy (non-hydrogen) atoms. The maximum atomic E-state index is 10.6. The van der Waals surface area contributed by atoms with Gasteiger partial charge in [0.1, 0.15) is 12.0 Å². The van der Waals surface area contributed by atoms with E-state index in [1.807, 2.05) is 0 Å². The lowest BCUT2D eigenvalue weighted by Gasteiger charge is -2.24. The van der Waals surface area contributed by atoms with Gasteiger partial charge in [-0.15, -0.1) is 11.3 Å². The molecular weight excluding hydrogens is 262 g/mol. The van der Waals surface area contributed by atoms with Crippen molar-refractivity contribution in [3.63, 3.8) is 0 Å². The summed E-state index contributed by atoms with van der Waals surface area (Å²) in [6.45, 7) is 0.952. The van der Waals surface area contributed by atoms with Gasteiger partial charge in [-0.25, -0.2) is 4.98 Å². The van der Waals surface area contributed by atoms with Gasteiger partial charge in [-0.1, -0.05) is 6.07 Å². The number of nitrogens with zero attached hydrogens (tertiary/aromatic N) is 3. The fourth-order valence-electron chi connectivity index (χ4n) is 2.47. The molecule has 98 valence electrons. The Bertz CT molecular complexity index is 568. The molecule has 0 bridgehead atoms. The van der Waals surface area contributed by atoms with Gasteiger partial charge in [0.2, 0.25) is 0 Å². The highest BCUT2D eigenvalue weighted by Crippen LogP contribution is 2.37. The number of hydrogen-bond acceptors (Lipinski definition) is 5. The zero-order valence-electron chi connectivity index (χ0n) is 10.2. The van der Waals surface area contributed by atoms with E-state index < -0.39 is 4.92 Å². The normalized spacial score (nSPS) is 18.7. The summed E-state index contributed by atoms with van der Waals surface area (Å²) in [5.74, 6) is 0.821. The molecule has 2 aromatic heterocycles. The summed E-state index contributed by atoms with van der Waals surface area (Å²) in [5, 5.41) is 12.7. The van der Waals surface area contributed by atoms with Crippen molar-refractivity contribution in [2.24, 2.45) is 0 Å². The van der Waals surface area contributed by atoms with Crippen molar-refractivity contribution in [2.75, 3.05) is 11.4 Å². The first-order valence-corrected chi connectivity index (χ1v) is 7.04. The molecule has 1 atom stereocenters. The number of aromatic nitrogens is 1. The van der Waals surface area contributed by atoms with Crippen molar-refractivity contribution in [2.45, 2.75) is 18.9 Å². The molecule has 0 aliphatic carbocycles. The van der Waals surface area contributed by atoms with Gasteiger partial charge in [0.25, 0.3) is 5.69 Å². The first-order valence-electron chi connectivity index (χ1n) is 6.16. The van der Waals surface area contributed by atoms with E-state index in [1.54, 1.807) is 17.4 Å². The number of anilines is 1. The van der Waals surface area contributed by atoms with Gasteiger partial charge in [-0.2, -0.15) is 0 Å². The van der Waals surface area contributed by atoms with E-state index in [-0.39, 0.29) is 5.69 Å². The summed E-state index contributed by atoms with van der Waals surface area (Å²) in [5.41, 5.74) is 0.0376. The lowest BCUT2D eigenvalue weighted by Crippen LogP contribution is -2.22. The second-order valence-corrected chi connectivity index (χ2v) is 5.48. The standard InChI is InChI=1S/C13H13N3O2S/c17-16(18)10-5-6-13(14-9-10)15-7-1-3-11(15)12-4-2-8-19-12/h2,4-6,8-9,11H,1,3,7H2/t11-/m0/s1. The summed E-state index contributed by atoms with van der Waals surface area (Å²) in [7, 11) is 0. The third-order valence-corrected chi connectivity index (χ3v) is 4.34. The molecule has 1 aliphatic rings. The maximum Gasteiger partial charge on any atom is 0.287 e. The minimum absolute atomic E-state index is 0.0376. The van der Waals surface area contributed by atoms with Crippen LogP contribution in [0.25, 0.3) is 0 Å². The van der Waals surface area contributed by atoms with Crippen LogP contribution in [-0.2, 0) is 0 Å². The maximum absolute atomic E-state index is 10.6. The van der Waals surface area contributed by atoms with Crippen LogP contribution in [-0.4, -0.2) is 16.5 Å². The lowest BCUT2D eigenvalue weighted by atomic mass is 10.2. The average Bonchev–Trinajstić information content (AvgIpc) is 3.09. The number of hydrogen-bond donors (Lipinski definition) is 0. The molecule has 0 aromatic carbocycles. The SMILES string of the molecule is O=[N+]([O-])c1ccc(N2CCC[C@H]2c2cccs2)nc1. The van der Waals surface area contributed by atoms with Crippen molar-refractivity contribution in [1.29, 1.82) is 0 Å². The molecule has 0 saturated carbocycles. The number of thiophene rings is 1. The van der Waals surface area contributed by atoms with E-state index in [1.165, 1.54) is 17.1 Å². The van der Waals surface area contributed by atoms with Crippen molar-refractivity contribution in [1.82, 2.24) is 4.98 Å². The van der Waals surface area contributed by atoms with Crippen LogP contribution in [0.2, 0.25) is 0 Å². The highest BCUT2D eigenvalue weighted by atomic mass is 32.1. The molecule has 1 aliphatic heterocycles. The second kappa shape index (κ2) is 4.97. The van der Waals surface area contributed by atoms with E-state index in [2.05, 4.69) is 27.4 Å². The van der Waals surface area contributed by atoms with Crippen LogP contribution in [0.1, 0.15) is 23.8 Å². The third-order valence-electron chi connectivity index (χ3n) is 3.36. The van der Waals surface area contributed by atoms with Gasteiger partial charge in [0, 0.05) is 17.5 Å². The number of pyridine rings is 1. The summed E-state index contributed by atoms with van der Waals surface area (Å²) >= 11 is 1.75. The van der Waals surface area contributed by atoms with E-state index in [0.29, 0.717) is 6.04 Å². The van der Waals surface area contributed by atoms with Gasteiger partial charge in [0.05, 0.1) is 11.0 Å². The van der Waals surface area contributed by atoms with Crippen molar-refractivity contribution < 1.29 is 4.92 Å². The largest absolute Gasteiger partial charge is 0.349 e. The highest BCUT2D eigenvalue weighted by molar-refractivity contribution is 7.10. The molecule has 0 radical (unpaired) electrons. The monoisotopic (exact) mass is 275 g/mol. The molecule has 3 heterocycles. The summed E-state index contributed by atoms with van der Waals surface area (Å²) in [6.07, 6.45) is 3.57. The molecule has 6 heteroatoms. The Morgan fingerprint density at radius 1 is 1.42 bits per heavy atom. The van der Waals surface area contributed by atoms with Crippen LogP contribution < -0.4 is 4.90 Å². The topological polar surface area (TPSA) is 59.3 Å². The lowest BCUT2D eigenvalue weighted by molar-refractivity contribution is -0.385. The minimum atomic E-state index is -0.419. The van der Waals surface area contributed by atoms with E-state index >= 15 is 0 Å². The van der Waals surface area contributed by atoms with Crippen LogP contribution in [0.5, 0.6) is 0 Å². The van der Waals surface area contributed by atoms with Gasteiger partial charge in [-0.3, -0.25) is 10.1 Å². The quantitative estimate of drug-likeness (QED) is 0.636. The average molecular weight is 275 g/mol. The van der Waals surface area contributed by atoms with Gasteiger partial charge in [-0.05, 0) is 30.4 Å². The molecule has 0 unspecified atom stereocenters.